The van der Waals surface area contributed by atoms with Crippen molar-refractivity contribution in [1.29, 1.82) is 5.26 Å². The maximum absolute atomic E-state index is 12.3. The highest BCUT2D eigenvalue weighted by Gasteiger charge is 2.14. The third-order valence-electron chi connectivity index (χ3n) is 2.10. The lowest BCUT2D eigenvalue weighted by molar-refractivity contribution is -0.137. The first-order valence-electron chi connectivity index (χ1n) is 5.51. The van der Waals surface area contributed by atoms with Crippen molar-refractivity contribution in [2.24, 2.45) is 0 Å². The summed E-state index contributed by atoms with van der Waals surface area (Å²) in [6.45, 7) is -1.30. The van der Waals surface area contributed by atoms with Gasteiger partial charge in [0, 0.05) is 10.0 Å². The van der Waals surface area contributed by atoms with Gasteiger partial charge in [-0.05, 0) is 31.2 Å². The number of carbonyl (C=O) groups excluding carboxylic acids is 1. The van der Waals surface area contributed by atoms with E-state index in [4.69, 9.17) is 5.26 Å². The zero-order valence-corrected chi connectivity index (χ0v) is 12.0. The van der Waals surface area contributed by atoms with E-state index in [0.29, 0.717) is 4.47 Å². The molecule has 0 atom stereocenters. The van der Waals surface area contributed by atoms with Crippen LogP contribution in [-0.4, -0.2) is 19.2 Å². The monoisotopic (exact) mass is 345 g/mol. The number of nitrogens with zero attached hydrogens (tertiary/aromatic N) is 1. The Morgan fingerprint density at radius 2 is 2.25 bits per heavy atom. The lowest BCUT2D eigenvalue weighted by Crippen LogP contribution is -2.07. The van der Waals surface area contributed by atoms with Gasteiger partial charge in [0.1, 0.15) is 17.4 Å². The zero-order chi connectivity index (χ0) is 15.1. The van der Waals surface area contributed by atoms with E-state index in [1.807, 2.05) is 0 Å². The second-order valence-corrected chi connectivity index (χ2v) is 4.37. The normalized spacial score (nSPS) is 11.1. The minimum Gasteiger partial charge on any atom is -0.462 e. The quantitative estimate of drug-likeness (QED) is 0.465. The molecule has 0 saturated heterocycles. The number of hydrogen-bond acceptors (Lipinski definition) is 4. The number of benzene rings is 1. The molecule has 7 heteroatoms. The minimum absolute atomic E-state index is 0.108. The van der Waals surface area contributed by atoms with Gasteiger partial charge in [-0.3, -0.25) is 0 Å². The molecule has 20 heavy (non-hydrogen) atoms. The van der Waals surface area contributed by atoms with Gasteiger partial charge in [0.05, 0.1) is 6.61 Å². The lowest BCUT2D eigenvalue weighted by atomic mass is 10.1. The number of rotatable bonds is 5. The fraction of sp³-hybridized carbons (Fsp3) is 0.231. The van der Waals surface area contributed by atoms with Crippen LogP contribution >= 0.6 is 15.9 Å². The lowest BCUT2D eigenvalue weighted by Gasteiger charge is -2.09. The fourth-order valence-corrected chi connectivity index (χ4v) is 1.72. The number of esters is 1. The number of carbonyl (C=O) groups is 1. The maximum atomic E-state index is 12.3. The van der Waals surface area contributed by atoms with Crippen LogP contribution in [0.15, 0.2) is 28.2 Å². The van der Waals surface area contributed by atoms with E-state index in [0.717, 1.165) is 6.08 Å². The van der Waals surface area contributed by atoms with Gasteiger partial charge in [0.15, 0.2) is 0 Å². The van der Waals surface area contributed by atoms with Crippen LogP contribution < -0.4 is 4.74 Å². The van der Waals surface area contributed by atoms with E-state index in [2.05, 4.69) is 25.4 Å². The average molecular weight is 346 g/mol. The Hall–Kier alpha value is -1.94. The minimum atomic E-state index is -3.00. The van der Waals surface area contributed by atoms with Crippen molar-refractivity contribution >= 4 is 28.0 Å². The number of ether oxygens (including phenoxy) is 2. The van der Waals surface area contributed by atoms with Crippen molar-refractivity contribution in [2.45, 2.75) is 13.5 Å². The SMILES string of the molecule is CCOC(=O)/C(C#N)=C/c1cc(Br)ccc1OC(F)F. The van der Waals surface area contributed by atoms with Gasteiger partial charge in [-0.2, -0.15) is 14.0 Å². The summed E-state index contributed by atoms with van der Waals surface area (Å²) >= 11 is 3.17. The second-order valence-electron chi connectivity index (χ2n) is 3.45. The Labute approximate surface area is 122 Å². The van der Waals surface area contributed by atoms with Gasteiger partial charge >= 0.3 is 12.6 Å². The Morgan fingerprint density at radius 3 is 2.80 bits per heavy atom. The first-order valence-corrected chi connectivity index (χ1v) is 6.30. The molecule has 0 amide bonds. The van der Waals surface area contributed by atoms with E-state index in [1.54, 1.807) is 13.0 Å². The number of alkyl halides is 2. The molecule has 0 aromatic heterocycles. The van der Waals surface area contributed by atoms with Crippen molar-refractivity contribution in [1.82, 2.24) is 0 Å². The second kappa shape index (κ2) is 7.60. The Bertz CT molecular complexity index is 567. The van der Waals surface area contributed by atoms with Crippen LogP contribution in [0.1, 0.15) is 12.5 Å². The summed E-state index contributed by atoms with van der Waals surface area (Å²) in [6, 6.07) is 5.93. The van der Waals surface area contributed by atoms with Gasteiger partial charge in [0.2, 0.25) is 0 Å². The highest BCUT2D eigenvalue weighted by atomic mass is 79.9. The van der Waals surface area contributed by atoms with Crippen LogP contribution in [-0.2, 0) is 9.53 Å². The molecular weight excluding hydrogens is 336 g/mol. The number of hydrogen-bond donors (Lipinski definition) is 0. The van der Waals surface area contributed by atoms with Crippen molar-refractivity contribution < 1.29 is 23.0 Å². The van der Waals surface area contributed by atoms with Crippen LogP contribution in [0.25, 0.3) is 6.08 Å². The van der Waals surface area contributed by atoms with Crippen LogP contribution in [0.3, 0.4) is 0 Å². The van der Waals surface area contributed by atoms with E-state index in [9.17, 15) is 13.6 Å². The van der Waals surface area contributed by atoms with Crippen molar-refractivity contribution in [3.8, 4) is 11.8 Å². The summed E-state index contributed by atoms with van der Waals surface area (Å²) in [4.78, 5) is 11.5. The first kappa shape index (κ1) is 16.1. The molecule has 0 fully saturated rings. The van der Waals surface area contributed by atoms with E-state index in [-0.39, 0.29) is 23.5 Å². The summed E-state index contributed by atoms with van der Waals surface area (Å²) in [5.74, 6) is -0.960. The fourth-order valence-electron chi connectivity index (χ4n) is 1.34. The number of halogens is 3. The van der Waals surface area contributed by atoms with Crippen molar-refractivity contribution in [3.63, 3.8) is 0 Å². The molecule has 0 spiro atoms. The van der Waals surface area contributed by atoms with Gasteiger partial charge in [0.25, 0.3) is 0 Å². The topological polar surface area (TPSA) is 59.3 Å². The molecule has 0 bridgehead atoms. The molecule has 0 aliphatic rings. The highest BCUT2D eigenvalue weighted by molar-refractivity contribution is 9.10. The Morgan fingerprint density at radius 1 is 1.55 bits per heavy atom. The average Bonchev–Trinajstić information content (AvgIpc) is 2.38. The smallest absolute Gasteiger partial charge is 0.387 e. The molecule has 0 aliphatic heterocycles. The molecule has 0 aliphatic carbocycles. The summed E-state index contributed by atoms with van der Waals surface area (Å²) in [6.07, 6.45) is 1.14. The van der Waals surface area contributed by atoms with E-state index >= 15 is 0 Å². The predicted molar refractivity (Wildman–Crippen MR) is 71.0 cm³/mol. The molecule has 1 aromatic carbocycles. The Balaban J connectivity index is 3.19. The van der Waals surface area contributed by atoms with Crippen LogP contribution in [0, 0.1) is 11.3 Å². The summed E-state index contributed by atoms with van der Waals surface area (Å²) in [7, 11) is 0. The maximum Gasteiger partial charge on any atom is 0.387 e. The van der Waals surface area contributed by atoms with Crippen LogP contribution in [0.2, 0.25) is 0 Å². The largest absolute Gasteiger partial charge is 0.462 e. The predicted octanol–water partition coefficient (Wildman–Crippen LogP) is 3.52. The molecular formula is C13H10BrF2NO3. The van der Waals surface area contributed by atoms with Gasteiger partial charge in [-0.25, -0.2) is 4.79 Å². The molecule has 106 valence electrons. The molecule has 0 heterocycles. The van der Waals surface area contributed by atoms with E-state index in [1.165, 1.54) is 18.2 Å². The van der Waals surface area contributed by atoms with Crippen molar-refractivity contribution in [2.75, 3.05) is 6.61 Å². The molecule has 0 N–H and O–H groups in total. The third-order valence-corrected chi connectivity index (χ3v) is 2.60. The Kier molecular flexibility index (Phi) is 6.12. The van der Waals surface area contributed by atoms with Crippen LogP contribution in [0.5, 0.6) is 5.75 Å². The molecule has 4 nitrogen and oxygen atoms in total. The van der Waals surface area contributed by atoms with Crippen molar-refractivity contribution in [3.05, 3.63) is 33.8 Å². The standard InChI is InChI=1S/C13H10BrF2NO3/c1-2-19-12(18)9(7-17)5-8-6-10(14)3-4-11(8)20-13(15)16/h3-6,13H,2H2,1H3/b9-5+. The molecule has 1 rings (SSSR count). The summed E-state index contributed by atoms with van der Waals surface area (Å²) in [5, 5.41) is 8.91. The number of nitriles is 1. The molecule has 0 radical (unpaired) electrons. The van der Waals surface area contributed by atoms with E-state index < -0.39 is 12.6 Å². The third kappa shape index (κ3) is 4.63. The molecule has 0 unspecified atom stereocenters. The summed E-state index contributed by atoms with van der Waals surface area (Å²) in [5.41, 5.74) is -0.131. The van der Waals surface area contributed by atoms with Gasteiger partial charge in [-0.15, -0.1) is 0 Å². The molecule has 0 saturated carbocycles. The first-order chi connectivity index (χ1) is 9.47. The zero-order valence-electron chi connectivity index (χ0n) is 10.4. The molecule has 1 aromatic rings. The highest BCUT2D eigenvalue weighted by Crippen LogP contribution is 2.27. The van der Waals surface area contributed by atoms with Crippen LogP contribution in [0.4, 0.5) is 8.78 Å². The van der Waals surface area contributed by atoms with Gasteiger partial charge in [-0.1, -0.05) is 15.9 Å². The van der Waals surface area contributed by atoms with Gasteiger partial charge < -0.3 is 9.47 Å². The summed E-state index contributed by atoms with van der Waals surface area (Å²) < 4.78 is 34.2.